The minimum atomic E-state index is -4.53. The van der Waals surface area contributed by atoms with Crippen LogP contribution in [0.3, 0.4) is 0 Å². The smallest absolute Gasteiger partial charge is 0.367 e. The molecule has 0 radical (unpaired) electrons. The Balaban J connectivity index is 2.68. The lowest BCUT2D eigenvalue weighted by Crippen LogP contribution is -2.36. The van der Waals surface area contributed by atoms with Gasteiger partial charge in [-0.2, -0.15) is 8.42 Å². The fraction of sp³-hybridized carbons (Fsp3) is 0.333. The molecule has 96 valence electrons. The summed E-state index contributed by atoms with van der Waals surface area (Å²) in [6.45, 7) is 0. The van der Waals surface area contributed by atoms with Crippen LogP contribution in [-0.4, -0.2) is 35.5 Å². The van der Waals surface area contributed by atoms with E-state index in [1.807, 2.05) is 0 Å². The van der Waals surface area contributed by atoms with E-state index >= 15 is 0 Å². The summed E-state index contributed by atoms with van der Waals surface area (Å²) >= 11 is 0. The number of aliphatic hydroxyl groups is 2. The van der Waals surface area contributed by atoms with Crippen LogP contribution in [0.4, 0.5) is 0 Å². The summed E-state index contributed by atoms with van der Waals surface area (Å²) in [4.78, 5) is 0. The lowest BCUT2D eigenvalue weighted by Gasteiger charge is -2.13. The molecule has 0 aliphatic rings. The average molecular weight is 263 g/mol. The van der Waals surface area contributed by atoms with Crippen molar-refractivity contribution < 1.29 is 27.4 Å². The molecule has 0 spiro atoms. The van der Waals surface area contributed by atoms with Crippen LogP contribution in [0.1, 0.15) is 5.56 Å². The predicted octanol–water partition coefficient (Wildman–Crippen LogP) is -0.951. The summed E-state index contributed by atoms with van der Waals surface area (Å²) in [5, 5.41) is 17.6. The largest absolute Gasteiger partial charge is 0.446 e. The molecule has 0 saturated heterocycles. The zero-order valence-corrected chi connectivity index (χ0v) is 9.54. The van der Waals surface area contributed by atoms with Gasteiger partial charge >= 0.3 is 10.4 Å². The average Bonchev–Trinajstić information content (AvgIpc) is 2.18. The van der Waals surface area contributed by atoms with E-state index in [9.17, 15) is 8.42 Å². The standard InChI is InChI=1S/C9H13NO6S/c10-8(9(11)12)5-6-1-3-7(4-2-6)16-17(13,14)15/h1-4,8-9,11-12H,5,10H2,(H,13,14,15)/t8-/m0/s1. The highest BCUT2D eigenvalue weighted by Gasteiger charge is 2.12. The van der Waals surface area contributed by atoms with Gasteiger partial charge in [0.2, 0.25) is 0 Å². The summed E-state index contributed by atoms with van der Waals surface area (Å²) in [5.41, 5.74) is 6.10. The summed E-state index contributed by atoms with van der Waals surface area (Å²) < 4.78 is 33.4. The van der Waals surface area contributed by atoms with Gasteiger partial charge in [0.25, 0.3) is 0 Å². The van der Waals surface area contributed by atoms with E-state index in [4.69, 9.17) is 20.5 Å². The molecular weight excluding hydrogens is 250 g/mol. The highest BCUT2D eigenvalue weighted by molar-refractivity contribution is 7.81. The van der Waals surface area contributed by atoms with Crippen LogP contribution in [0.2, 0.25) is 0 Å². The Morgan fingerprint density at radius 1 is 1.24 bits per heavy atom. The Morgan fingerprint density at radius 3 is 2.18 bits per heavy atom. The zero-order valence-electron chi connectivity index (χ0n) is 8.72. The number of aliphatic hydroxyl groups excluding tert-OH is 1. The fourth-order valence-corrected chi connectivity index (χ4v) is 1.53. The SMILES string of the molecule is N[C@@H](Cc1ccc(OS(=O)(=O)O)cc1)C(O)O. The van der Waals surface area contributed by atoms with Gasteiger partial charge in [0, 0.05) is 0 Å². The van der Waals surface area contributed by atoms with E-state index in [0.29, 0.717) is 5.56 Å². The van der Waals surface area contributed by atoms with Crippen molar-refractivity contribution in [2.24, 2.45) is 5.73 Å². The van der Waals surface area contributed by atoms with Crippen LogP contribution in [0.5, 0.6) is 5.75 Å². The highest BCUT2D eigenvalue weighted by Crippen LogP contribution is 2.15. The van der Waals surface area contributed by atoms with Gasteiger partial charge in [0.15, 0.2) is 6.29 Å². The third-order valence-corrected chi connectivity index (χ3v) is 2.38. The molecule has 0 saturated carbocycles. The van der Waals surface area contributed by atoms with Gasteiger partial charge in [-0.05, 0) is 24.1 Å². The van der Waals surface area contributed by atoms with Gasteiger partial charge in [-0.25, -0.2) is 0 Å². The van der Waals surface area contributed by atoms with Gasteiger partial charge in [-0.15, -0.1) is 0 Å². The van der Waals surface area contributed by atoms with E-state index in [1.165, 1.54) is 24.3 Å². The molecule has 0 aromatic heterocycles. The minimum Gasteiger partial charge on any atom is -0.367 e. The lowest BCUT2D eigenvalue weighted by atomic mass is 10.1. The van der Waals surface area contributed by atoms with Gasteiger partial charge < -0.3 is 20.1 Å². The normalized spacial score (nSPS) is 13.7. The van der Waals surface area contributed by atoms with Crippen LogP contribution < -0.4 is 9.92 Å². The number of benzene rings is 1. The summed E-state index contributed by atoms with van der Waals surface area (Å²) in [5.74, 6) is -0.0469. The maximum absolute atomic E-state index is 10.4. The van der Waals surface area contributed by atoms with Crippen molar-refractivity contribution >= 4 is 10.4 Å². The second-order valence-corrected chi connectivity index (χ2v) is 4.46. The van der Waals surface area contributed by atoms with Gasteiger partial charge in [-0.1, -0.05) is 12.1 Å². The molecule has 0 amide bonds. The molecule has 1 aromatic rings. The number of nitrogens with two attached hydrogens (primary N) is 1. The van der Waals surface area contributed by atoms with Crippen LogP contribution in [0.15, 0.2) is 24.3 Å². The Morgan fingerprint density at radius 2 is 1.76 bits per heavy atom. The third-order valence-electron chi connectivity index (χ3n) is 1.98. The topological polar surface area (TPSA) is 130 Å². The van der Waals surface area contributed by atoms with Crippen molar-refractivity contribution in [2.45, 2.75) is 18.8 Å². The molecule has 1 atom stereocenters. The van der Waals surface area contributed by atoms with Crippen LogP contribution in [0.25, 0.3) is 0 Å². The second kappa shape index (κ2) is 5.43. The Labute approximate surface area is 98.4 Å². The molecule has 7 nitrogen and oxygen atoms in total. The quantitative estimate of drug-likeness (QED) is 0.398. The number of rotatable bonds is 5. The van der Waals surface area contributed by atoms with E-state index in [-0.39, 0.29) is 12.2 Å². The third kappa shape index (κ3) is 5.11. The maximum Gasteiger partial charge on any atom is 0.446 e. The van der Waals surface area contributed by atoms with E-state index in [0.717, 1.165) is 0 Å². The van der Waals surface area contributed by atoms with Crippen molar-refractivity contribution in [1.82, 2.24) is 0 Å². The molecule has 0 fully saturated rings. The second-order valence-electron chi connectivity index (χ2n) is 3.44. The first-order valence-electron chi connectivity index (χ1n) is 4.65. The Bertz CT molecular complexity index is 455. The maximum atomic E-state index is 10.4. The first-order chi connectivity index (χ1) is 7.78. The summed E-state index contributed by atoms with van der Waals surface area (Å²) in [6, 6.07) is 4.81. The first kappa shape index (κ1) is 13.9. The molecule has 5 N–H and O–H groups in total. The van der Waals surface area contributed by atoms with Crippen LogP contribution in [-0.2, 0) is 16.8 Å². The number of hydrogen-bond acceptors (Lipinski definition) is 6. The highest BCUT2D eigenvalue weighted by atomic mass is 32.3. The molecule has 1 aromatic carbocycles. The number of hydrogen-bond donors (Lipinski definition) is 4. The molecule has 17 heavy (non-hydrogen) atoms. The Hall–Kier alpha value is -1.19. The van der Waals surface area contributed by atoms with Gasteiger partial charge in [0.05, 0.1) is 6.04 Å². The summed E-state index contributed by atoms with van der Waals surface area (Å²) in [7, 11) is -4.53. The molecule has 0 heterocycles. The minimum absolute atomic E-state index is 0.0469. The first-order valence-corrected chi connectivity index (χ1v) is 6.02. The van der Waals surface area contributed by atoms with Crippen molar-refractivity contribution in [1.29, 1.82) is 0 Å². The molecular formula is C9H13NO6S. The monoisotopic (exact) mass is 263 g/mol. The molecule has 0 aliphatic carbocycles. The van der Waals surface area contributed by atoms with Crippen LogP contribution in [0, 0.1) is 0 Å². The predicted molar refractivity (Wildman–Crippen MR) is 58.5 cm³/mol. The van der Waals surface area contributed by atoms with Crippen molar-refractivity contribution in [3.05, 3.63) is 29.8 Å². The van der Waals surface area contributed by atoms with Crippen molar-refractivity contribution in [3.8, 4) is 5.75 Å². The van der Waals surface area contributed by atoms with Crippen LogP contribution >= 0.6 is 0 Å². The van der Waals surface area contributed by atoms with Crippen molar-refractivity contribution in [3.63, 3.8) is 0 Å². The Kier molecular flexibility index (Phi) is 4.43. The molecule has 8 heteroatoms. The molecule has 0 aliphatic heterocycles. The summed E-state index contributed by atoms with van der Waals surface area (Å²) in [6.07, 6.45) is -1.41. The zero-order chi connectivity index (χ0) is 13.1. The lowest BCUT2D eigenvalue weighted by molar-refractivity contribution is -0.0577. The molecule has 0 unspecified atom stereocenters. The van der Waals surface area contributed by atoms with Gasteiger partial charge in [0.1, 0.15) is 5.75 Å². The van der Waals surface area contributed by atoms with Crippen molar-refractivity contribution in [2.75, 3.05) is 0 Å². The van der Waals surface area contributed by atoms with E-state index < -0.39 is 22.7 Å². The van der Waals surface area contributed by atoms with E-state index in [2.05, 4.69) is 4.18 Å². The van der Waals surface area contributed by atoms with E-state index in [1.54, 1.807) is 0 Å². The molecule has 0 bridgehead atoms. The van der Waals surface area contributed by atoms with Gasteiger partial charge in [-0.3, -0.25) is 4.55 Å². The fourth-order valence-electron chi connectivity index (χ4n) is 1.18. The molecule has 1 rings (SSSR count).